The molecule has 0 unspecified atom stereocenters. The van der Waals surface area contributed by atoms with E-state index in [4.69, 9.17) is 9.47 Å². The molecule has 0 radical (unpaired) electrons. The van der Waals surface area contributed by atoms with Gasteiger partial charge in [0.1, 0.15) is 4.88 Å². The largest absolute Gasteiger partial charge is 0.462 e. The molecule has 0 spiro atoms. The first-order valence-electron chi connectivity index (χ1n) is 6.04. The summed E-state index contributed by atoms with van der Waals surface area (Å²) in [5, 5.41) is 0. The van der Waals surface area contributed by atoms with Gasteiger partial charge in [-0.05, 0) is 26.8 Å². The Balaban J connectivity index is 2.44. The molecule has 2 aromatic heterocycles. The van der Waals surface area contributed by atoms with Gasteiger partial charge in [0.15, 0.2) is 0 Å². The van der Waals surface area contributed by atoms with Gasteiger partial charge in [0.05, 0.1) is 29.0 Å². The Bertz CT molecular complexity index is 626. The van der Waals surface area contributed by atoms with Crippen LogP contribution in [0.4, 0.5) is 0 Å². The summed E-state index contributed by atoms with van der Waals surface area (Å²) < 4.78 is 10.7. The number of hydrogen-bond donors (Lipinski definition) is 1. The fraction of sp³-hybridized carbons (Fsp3) is 0.385. The summed E-state index contributed by atoms with van der Waals surface area (Å²) in [7, 11) is 0. The zero-order chi connectivity index (χ0) is 14.0. The Morgan fingerprint density at radius 3 is 2.47 bits per heavy atom. The van der Waals surface area contributed by atoms with E-state index in [1.54, 1.807) is 19.9 Å². The van der Waals surface area contributed by atoms with Crippen LogP contribution in [0.3, 0.4) is 0 Å². The third-order valence-corrected chi connectivity index (χ3v) is 3.75. The summed E-state index contributed by atoms with van der Waals surface area (Å²) in [6, 6.07) is 1.70. The van der Waals surface area contributed by atoms with E-state index in [1.165, 1.54) is 11.3 Å². The van der Waals surface area contributed by atoms with E-state index >= 15 is 0 Å². The smallest absolute Gasteiger partial charge is 0.348 e. The van der Waals surface area contributed by atoms with Gasteiger partial charge in [0.2, 0.25) is 0 Å². The summed E-state index contributed by atoms with van der Waals surface area (Å²) in [4.78, 5) is 27.1. The number of ether oxygens (including phenoxy) is 2. The van der Waals surface area contributed by atoms with Crippen LogP contribution in [0.2, 0.25) is 0 Å². The Morgan fingerprint density at radius 2 is 1.84 bits per heavy atom. The van der Waals surface area contributed by atoms with Gasteiger partial charge in [-0.1, -0.05) is 0 Å². The number of esters is 2. The molecule has 5 nitrogen and oxygen atoms in total. The monoisotopic (exact) mass is 281 g/mol. The van der Waals surface area contributed by atoms with Gasteiger partial charge in [0.25, 0.3) is 0 Å². The average Bonchev–Trinajstić information content (AvgIpc) is 2.85. The van der Waals surface area contributed by atoms with E-state index in [0.29, 0.717) is 23.7 Å². The van der Waals surface area contributed by atoms with Crippen LogP contribution in [-0.2, 0) is 9.47 Å². The van der Waals surface area contributed by atoms with E-state index in [1.807, 2.05) is 6.92 Å². The van der Waals surface area contributed by atoms with Crippen molar-refractivity contribution in [3.8, 4) is 0 Å². The molecular weight excluding hydrogens is 266 g/mol. The molecule has 0 amide bonds. The van der Waals surface area contributed by atoms with Crippen LogP contribution < -0.4 is 0 Å². The van der Waals surface area contributed by atoms with E-state index in [9.17, 15) is 9.59 Å². The Morgan fingerprint density at radius 1 is 1.21 bits per heavy atom. The van der Waals surface area contributed by atoms with Crippen molar-refractivity contribution in [2.75, 3.05) is 13.2 Å². The number of fused-ring (bicyclic) bond motifs is 1. The molecule has 0 saturated carbocycles. The lowest BCUT2D eigenvalue weighted by molar-refractivity contribution is 0.0519. The van der Waals surface area contributed by atoms with Crippen LogP contribution >= 0.6 is 11.3 Å². The minimum Gasteiger partial charge on any atom is -0.462 e. The standard InChI is InChI=1S/C13H15NO4S/c1-4-17-12(15)9-6-8-11(19-9)10(7(3)14-8)13(16)18-5-2/h6,14H,4-5H2,1-3H3. The minimum absolute atomic E-state index is 0.320. The van der Waals surface area contributed by atoms with Crippen LogP contribution in [0, 0.1) is 6.92 Å². The first-order valence-corrected chi connectivity index (χ1v) is 6.86. The van der Waals surface area contributed by atoms with Crippen molar-refractivity contribution >= 4 is 33.5 Å². The van der Waals surface area contributed by atoms with Crippen LogP contribution in [0.1, 0.15) is 39.6 Å². The molecule has 0 aliphatic heterocycles. The molecule has 2 aromatic rings. The summed E-state index contributed by atoms with van der Waals surface area (Å²) in [6.45, 7) is 5.97. The number of aromatic nitrogens is 1. The molecule has 2 rings (SSSR count). The Hall–Kier alpha value is -1.82. The Labute approximate surface area is 114 Å². The predicted molar refractivity (Wildman–Crippen MR) is 72.8 cm³/mol. The molecule has 0 aromatic carbocycles. The van der Waals surface area contributed by atoms with Crippen LogP contribution in [0.15, 0.2) is 6.07 Å². The number of nitrogens with one attached hydrogen (secondary N) is 1. The third-order valence-electron chi connectivity index (χ3n) is 2.61. The zero-order valence-electron chi connectivity index (χ0n) is 11.0. The molecule has 0 atom stereocenters. The van der Waals surface area contributed by atoms with E-state index in [2.05, 4.69) is 4.98 Å². The highest BCUT2D eigenvalue weighted by Gasteiger charge is 2.21. The topological polar surface area (TPSA) is 68.4 Å². The molecule has 0 aliphatic rings. The summed E-state index contributed by atoms with van der Waals surface area (Å²) in [5.74, 6) is -0.743. The first kappa shape index (κ1) is 13.6. The predicted octanol–water partition coefficient (Wildman–Crippen LogP) is 2.89. The molecule has 102 valence electrons. The molecule has 19 heavy (non-hydrogen) atoms. The van der Waals surface area contributed by atoms with Gasteiger partial charge >= 0.3 is 11.9 Å². The molecule has 0 saturated heterocycles. The summed E-state index contributed by atoms with van der Waals surface area (Å²) >= 11 is 1.24. The van der Waals surface area contributed by atoms with E-state index in [-0.39, 0.29) is 11.9 Å². The molecule has 0 bridgehead atoms. The van der Waals surface area contributed by atoms with Crippen molar-refractivity contribution < 1.29 is 19.1 Å². The van der Waals surface area contributed by atoms with Crippen molar-refractivity contribution in [2.45, 2.75) is 20.8 Å². The zero-order valence-corrected chi connectivity index (χ0v) is 11.8. The maximum atomic E-state index is 11.9. The molecule has 1 N–H and O–H groups in total. The van der Waals surface area contributed by atoms with Gasteiger partial charge in [-0.15, -0.1) is 11.3 Å². The Kier molecular flexibility index (Phi) is 3.90. The summed E-state index contributed by atoms with van der Waals surface area (Å²) in [6.07, 6.45) is 0. The van der Waals surface area contributed by atoms with Gasteiger partial charge < -0.3 is 14.5 Å². The van der Waals surface area contributed by atoms with Crippen molar-refractivity contribution in [3.63, 3.8) is 0 Å². The lowest BCUT2D eigenvalue weighted by atomic mass is 10.2. The van der Waals surface area contributed by atoms with E-state index in [0.717, 1.165) is 15.9 Å². The average molecular weight is 281 g/mol. The number of thiophene rings is 1. The molecule has 0 fully saturated rings. The number of carbonyl (C=O) groups excluding carboxylic acids is 2. The molecular formula is C13H15NO4S. The molecule has 2 heterocycles. The minimum atomic E-state index is -0.372. The lowest BCUT2D eigenvalue weighted by Crippen LogP contribution is -2.05. The highest BCUT2D eigenvalue weighted by Crippen LogP contribution is 2.31. The number of aromatic amines is 1. The lowest BCUT2D eigenvalue weighted by Gasteiger charge is -2.00. The maximum absolute atomic E-state index is 11.9. The van der Waals surface area contributed by atoms with Crippen molar-refractivity contribution in [1.82, 2.24) is 4.98 Å². The fourth-order valence-corrected chi connectivity index (χ4v) is 2.95. The maximum Gasteiger partial charge on any atom is 0.348 e. The van der Waals surface area contributed by atoms with E-state index < -0.39 is 0 Å². The summed E-state index contributed by atoms with van der Waals surface area (Å²) in [5.41, 5.74) is 2.00. The molecule has 0 aliphatic carbocycles. The van der Waals surface area contributed by atoms with Gasteiger partial charge in [0, 0.05) is 5.69 Å². The van der Waals surface area contributed by atoms with Gasteiger partial charge in [-0.25, -0.2) is 9.59 Å². The highest BCUT2D eigenvalue weighted by atomic mass is 32.1. The fourth-order valence-electron chi connectivity index (χ4n) is 1.86. The van der Waals surface area contributed by atoms with Crippen LogP contribution in [0.5, 0.6) is 0 Å². The second kappa shape index (κ2) is 5.44. The van der Waals surface area contributed by atoms with Crippen LogP contribution in [-0.4, -0.2) is 30.1 Å². The quantitative estimate of drug-likeness (QED) is 0.875. The second-order valence-corrected chi connectivity index (χ2v) is 4.97. The first-order chi connectivity index (χ1) is 9.08. The number of hydrogen-bond acceptors (Lipinski definition) is 5. The van der Waals surface area contributed by atoms with Crippen molar-refractivity contribution in [1.29, 1.82) is 0 Å². The van der Waals surface area contributed by atoms with Crippen molar-refractivity contribution in [2.24, 2.45) is 0 Å². The third kappa shape index (κ3) is 2.49. The number of H-pyrrole nitrogens is 1. The van der Waals surface area contributed by atoms with Gasteiger partial charge in [-0.2, -0.15) is 0 Å². The molecule has 6 heteroatoms. The normalized spacial score (nSPS) is 10.7. The van der Waals surface area contributed by atoms with Crippen LogP contribution in [0.25, 0.3) is 10.2 Å². The number of rotatable bonds is 4. The van der Waals surface area contributed by atoms with Crippen molar-refractivity contribution in [3.05, 3.63) is 22.2 Å². The van der Waals surface area contributed by atoms with Gasteiger partial charge in [-0.3, -0.25) is 0 Å². The highest BCUT2D eigenvalue weighted by molar-refractivity contribution is 7.21. The second-order valence-electron chi connectivity index (χ2n) is 3.92. The number of aryl methyl sites for hydroxylation is 1. The SMILES string of the molecule is CCOC(=O)c1cc2[nH]c(C)c(C(=O)OCC)c2s1. The number of carbonyl (C=O) groups is 2.